The summed E-state index contributed by atoms with van der Waals surface area (Å²) in [7, 11) is 0. The van der Waals surface area contributed by atoms with Gasteiger partial charge in [-0.05, 0) is 125 Å². The van der Waals surface area contributed by atoms with Crippen LogP contribution in [-0.2, 0) is 10.8 Å². The minimum absolute atomic E-state index is 0.196. The van der Waals surface area contributed by atoms with E-state index in [0.29, 0.717) is 0 Å². The van der Waals surface area contributed by atoms with Crippen LogP contribution in [0.3, 0.4) is 0 Å². The Labute approximate surface area is 385 Å². The van der Waals surface area contributed by atoms with Gasteiger partial charge in [-0.15, -0.1) is 0 Å². The molecule has 0 unspecified atom stereocenters. The van der Waals surface area contributed by atoms with Crippen LogP contribution in [-0.4, -0.2) is 0 Å². The first-order valence-electron chi connectivity index (χ1n) is 23.1. The molecule has 0 aromatic heterocycles. The van der Waals surface area contributed by atoms with E-state index < -0.39 is 5.41 Å². The van der Waals surface area contributed by atoms with Gasteiger partial charge in [0.2, 0.25) is 0 Å². The van der Waals surface area contributed by atoms with Gasteiger partial charge in [0.05, 0.1) is 11.1 Å². The standard InChI is InChI=1S/C64H43NO/c1-63(2)54-28-12-7-23-47(54)51-37-35-40(38-58(51)63)65(60-32-17-27-53-45-21-6-5-20-44(45)52-26-11-16-33-61(52)66-62(53)60)41-34-36-50-43-19-4-3-18-42(43)46-22-8-13-29-55(46)64(59(50)39-41)56-30-14-9-24-48(56)49-25-10-15-31-57(49)64/h3-39H,1-2H3. The van der Waals surface area contributed by atoms with E-state index in [1.165, 1.54) is 77.9 Å². The summed E-state index contributed by atoms with van der Waals surface area (Å²) in [5.74, 6) is 1.67. The molecule has 0 radical (unpaired) electrons. The van der Waals surface area contributed by atoms with Crippen molar-refractivity contribution in [2.75, 3.05) is 4.90 Å². The largest absolute Gasteiger partial charge is 0.454 e. The lowest BCUT2D eigenvalue weighted by atomic mass is 9.66. The van der Waals surface area contributed by atoms with Gasteiger partial charge in [0.25, 0.3) is 0 Å². The third kappa shape index (κ3) is 4.91. The van der Waals surface area contributed by atoms with Crippen molar-refractivity contribution in [3.05, 3.63) is 258 Å². The van der Waals surface area contributed by atoms with Crippen molar-refractivity contribution in [1.29, 1.82) is 0 Å². The Hall–Kier alpha value is -8.20. The van der Waals surface area contributed by atoms with Crippen LogP contribution in [0.25, 0.3) is 66.8 Å². The lowest BCUT2D eigenvalue weighted by Crippen LogP contribution is -2.29. The van der Waals surface area contributed by atoms with Crippen LogP contribution in [0.5, 0.6) is 11.5 Å². The highest BCUT2D eigenvalue weighted by Gasteiger charge is 2.50. The van der Waals surface area contributed by atoms with Gasteiger partial charge in [-0.3, -0.25) is 0 Å². The Bertz CT molecular complexity index is 3640. The monoisotopic (exact) mass is 841 g/mol. The molecule has 0 fully saturated rings. The second-order valence-corrected chi connectivity index (χ2v) is 18.7. The van der Waals surface area contributed by atoms with Crippen molar-refractivity contribution < 1.29 is 4.74 Å². The Morgan fingerprint density at radius 1 is 0.303 bits per heavy atom. The molecular formula is C64H43NO. The number of para-hydroxylation sites is 2. The maximum absolute atomic E-state index is 7.29. The van der Waals surface area contributed by atoms with Crippen LogP contribution in [0.15, 0.2) is 224 Å². The van der Waals surface area contributed by atoms with Gasteiger partial charge in [-0.1, -0.05) is 202 Å². The zero-order valence-electron chi connectivity index (χ0n) is 36.7. The van der Waals surface area contributed by atoms with Crippen LogP contribution >= 0.6 is 0 Å². The highest BCUT2D eigenvalue weighted by Crippen LogP contribution is 2.63. The number of anilines is 3. The zero-order chi connectivity index (χ0) is 43.7. The van der Waals surface area contributed by atoms with Crippen LogP contribution in [0, 0.1) is 0 Å². The van der Waals surface area contributed by atoms with Crippen molar-refractivity contribution in [2.45, 2.75) is 24.7 Å². The number of benzene rings is 10. The van der Waals surface area contributed by atoms with E-state index in [9.17, 15) is 0 Å². The summed E-state index contributed by atoms with van der Waals surface area (Å²) in [5, 5.41) is 0. The summed E-state index contributed by atoms with van der Waals surface area (Å²) < 4.78 is 7.29. The van der Waals surface area contributed by atoms with E-state index >= 15 is 0 Å². The quantitative estimate of drug-likeness (QED) is 0.176. The summed E-state index contributed by atoms with van der Waals surface area (Å²) in [4.78, 5) is 2.47. The van der Waals surface area contributed by atoms with Crippen LogP contribution < -0.4 is 9.64 Å². The van der Waals surface area contributed by atoms with Gasteiger partial charge in [-0.2, -0.15) is 0 Å². The van der Waals surface area contributed by atoms with Crippen molar-refractivity contribution in [3.63, 3.8) is 0 Å². The predicted octanol–water partition coefficient (Wildman–Crippen LogP) is 16.9. The van der Waals surface area contributed by atoms with E-state index in [0.717, 1.165) is 50.8 Å². The molecule has 0 N–H and O–H groups in total. The van der Waals surface area contributed by atoms with E-state index in [2.05, 4.69) is 243 Å². The Morgan fingerprint density at radius 3 is 1.26 bits per heavy atom. The first-order valence-corrected chi connectivity index (χ1v) is 23.1. The lowest BCUT2D eigenvalue weighted by molar-refractivity contribution is 0.489. The third-order valence-electron chi connectivity index (χ3n) is 15.1. The fourth-order valence-electron chi connectivity index (χ4n) is 12.3. The molecule has 2 heteroatoms. The molecule has 66 heavy (non-hydrogen) atoms. The van der Waals surface area contributed by atoms with Gasteiger partial charge in [0.15, 0.2) is 5.75 Å². The number of fused-ring (bicyclic) bond motifs is 20. The second kappa shape index (κ2) is 13.7. The van der Waals surface area contributed by atoms with E-state index in [1.807, 2.05) is 0 Å². The first kappa shape index (κ1) is 37.2. The molecule has 1 heterocycles. The van der Waals surface area contributed by atoms with E-state index in [4.69, 9.17) is 4.74 Å². The molecule has 14 rings (SSSR count). The van der Waals surface area contributed by atoms with E-state index in [1.54, 1.807) is 0 Å². The van der Waals surface area contributed by atoms with Gasteiger partial charge >= 0.3 is 0 Å². The molecule has 0 saturated heterocycles. The number of hydrogen-bond acceptors (Lipinski definition) is 2. The maximum Gasteiger partial charge on any atom is 0.159 e. The number of nitrogens with zero attached hydrogens (tertiary/aromatic N) is 1. The highest BCUT2D eigenvalue weighted by molar-refractivity contribution is 6.00. The number of hydrogen-bond donors (Lipinski definition) is 0. The zero-order valence-corrected chi connectivity index (χ0v) is 36.7. The second-order valence-electron chi connectivity index (χ2n) is 18.7. The van der Waals surface area contributed by atoms with Crippen molar-refractivity contribution in [1.82, 2.24) is 0 Å². The lowest BCUT2D eigenvalue weighted by Gasteiger charge is -2.37. The van der Waals surface area contributed by atoms with Gasteiger partial charge in [0.1, 0.15) is 5.75 Å². The average molecular weight is 842 g/mol. The molecule has 0 saturated carbocycles. The molecule has 4 aliphatic rings. The summed E-state index contributed by atoms with van der Waals surface area (Å²) in [6, 6.07) is 83.4. The summed E-state index contributed by atoms with van der Waals surface area (Å²) in [5.41, 5.74) is 24.7. The maximum atomic E-state index is 7.29. The highest BCUT2D eigenvalue weighted by atomic mass is 16.5. The smallest absolute Gasteiger partial charge is 0.159 e. The van der Waals surface area contributed by atoms with Crippen molar-refractivity contribution in [2.24, 2.45) is 0 Å². The average Bonchev–Trinajstić information content (AvgIpc) is 3.68. The molecule has 2 nitrogen and oxygen atoms in total. The van der Waals surface area contributed by atoms with Crippen LogP contribution in [0.2, 0.25) is 0 Å². The Balaban J connectivity index is 1.10. The van der Waals surface area contributed by atoms with Crippen molar-refractivity contribution >= 4 is 17.1 Å². The topological polar surface area (TPSA) is 12.5 Å². The molecule has 1 spiro atoms. The normalized spacial score (nSPS) is 14.3. The molecular weight excluding hydrogens is 799 g/mol. The molecule has 10 aromatic carbocycles. The number of rotatable bonds is 3. The third-order valence-corrected chi connectivity index (χ3v) is 15.1. The molecule has 0 atom stereocenters. The van der Waals surface area contributed by atoms with Gasteiger partial charge in [-0.25, -0.2) is 0 Å². The van der Waals surface area contributed by atoms with Crippen molar-refractivity contribution in [3.8, 4) is 78.3 Å². The number of ether oxygens (including phenoxy) is 1. The molecule has 10 aromatic rings. The van der Waals surface area contributed by atoms with Gasteiger partial charge < -0.3 is 9.64 Å². The fourth-order valence-corrected chi connectivity index (χ4v) is 12.3. The summed E-state index contributed by atoms with van der Waals surface area (Å²) in [6.45, 7) is 4.74. The molecule has 1 aliphatic heterocycles. The Morgan fingerprint density at radius 2 is 0.682 bits per heavy atom. The minimum Gasteiger partial charge on any atom is -0.454 e. The molecule has 3 aliphatic carbocycles. The molecule has 0 bridgehead atoms. The Kier molecular flexibility index (Phi) is 7.70. The SMILES string of the molecule is CC1(C)c2ccccc2-c2ccc(N(c3ccc4c(c3)C3(c5ccccc5-c5ccccc5-4)c4ccccc4-c4ccccc43)c3cccc4c3Oc3ccccc3-c3ccccc3-4)cc21. The molecule has 0 amide bonds. The van der Waals surface area contributed by atoms with E-state index in [-0.39, 0.29) is 5.41 Å². The summed E-state index contributed by atoms with van der Waals surface area (Å²) >= 11 is 0. The first-order chi connectivity index (χ1) is 32.5. The molecule has 310 valence electrons. The summed E-state index contributed by atoms with van der Waals surface area (Å²) in [6.07, 6.45) is 0. The fraction of sp³-hybridized carbons (Fsp3) is 0.0625. The van der Waals surface area contributed by atoms with Crippen LogP contribution in [0.4, 0.5) is 17.1 Å². The predicted molar refractivity (Wildman–Crippen MR) is 271 cm³/mol. The minimum atomic E-state index is -0.622. The van der Waals surface area contributed by atoms with Crippen LogP contribution in [0.1, 0.15) is 47.2 Å². The van der Waals surface area contributed by atoms with Gasteiger partial charge in [0, 0.05) is 27.9 Å².